The van der Waals surface area contributed by atoms with Crippen molar-refractivity contribution in [3.05, 3.63) is 29.8 Å². The zero-order chi connectivity index (χ0) is 17.5. The van der Waals surface area contributed by atoms with Gasteiger partial charge in [-0.1, -0.05) is 12.1 Å². The molecule has 130 valence electrons. The van der Waals surface area contributed by atoms with Gasteiger partial charge in [-0.05, 0) is 59.4 Å². The second kappa shape index (κ2) is 8.31. The van der Waals surface area contributed by atoms with Gasteiger partial charge in [0.05, 0.1) is 5.60 Å². The molecule has 0 aromatic heterocycles. The van der Waals surface area contributed by atoms with Crippen LogP contribution in [-0.2, 0) is 16.1 Å². The Kier molecular flexibility index (Phi) is 7.03. The number of benzene rings is 1. The molecule has 2 N–H and O–H groups in total. The molecule has 1 amide bonds. The summed E-state index contributed by atoms with van der Waals surface area (Å²) in [5.74, 6) is 0.704. The Morgan fingerprint density at radius 1 is 1.09 bits per heavy atom. The minimum absolute atomic E-state index is 0.0697. The number of likely N-dealkylation sites (N-methyl/N-ethyl adjacent to an activating group) is 1. The second-order valence-corrected chi connectivity index (χ2v) is 7.24. The maximum absolute atomic E-state index is 11.7. The van der Waals surface area contributed by atoms with Crippen LogP contribution < -0.4 is 15.4 Å². The molecule has 1 aromatic rings. The molecule has 0 aliphatic carbocycles. The largest absolute Gasteiger partial charge is 0.492 e. The van der Waals surface area contributed by atoms with Crippen molar-refractivity contribution in [3.8, 4) is 5.75 Å². The standard InChI is InChI=1S/C18H30N2O3/c1-17(2,3)23-12-16(21)20-11-14-7-9-15(10-8-14)22-13-18(4,5)19-6/h7-10,19H,11-13H2,1-6H3,(H,20,21). The molecule has 5 nitrogen and oxygen atoms in total. The summed E-state index contributed by atoms with van der Waals surface area (Å²) in [6.07, 6.45) is 0. The molecular weight excluding hydrogens is 292 g/mol. The Labute approximate surface area is 139 Å². The van der Waals surface area contributed by atoms with Crippen molar-refractivity contribution >= 4 is 5.91 Å². The molecule has 0 aliphatic rings. The third kappa shape index (κ3) is 8.57. The average Bonchev–Trinajstić information content (AvgIpc) is 2.49. The molecule has 0 fully saturated rings. The number of carbonyl (C=O) groups excluding carboxylic acids is 1. The molecule has 1 aromatic carbocycles. The first-order valence-corrected chi connectivity index (χ1v) is 7.93. The molecule has 0 saturated carbocycles. The van der Waals surface area contributed by atoms with Crippen molar-refractivity contribution in [3.63, 3.8) is 0 Å². The van der Waals surface area contributed by atoms with Crippen LogP contribution in [-0.4, -0.2) is 37.3 Å². The number of rotatable bonds is 8. The lowest BCUT2D eigenvalue weighted by molar-refractivity contribution is -0.130. The summed E-state index contributed by atoms with van der Waals surface area (Å²) in [6.45, 7) is 11.1. The number of amides is 1. The monoisotopic (exact) mass is 322 g/mol. The summed E-state index contributed by atoms with van der Waals surface area (Å²) in [7, 11) is 1.92. The van der Waals surface area contributed by atoms with E-state index in [9.17, 15) is 4.79 Å². The SMILES string of the molecule is CNC(C)(C)COc1ccc(CNC(=O)COC(C)(C)C)cc1. The molecule has 0 radical (unpaired) electrons. The second-order valence-electron chi connectivity index (χ2n) is 7.24. The lowest BCUT2D eigenvalue weighted by Gasteiger charge is -2.24. The highest BCUT2D eigenvalue weighted by atomic mass is 16.5. The Balaban J connectivity index is 2.38. The third-order valence-corrected chi connectivity index (χ3v) is 3.33. The van der Waals surface area contributed by atoms with Crippen LogP contribution in [0.25, 0.3) is 0 Å². The first-order valence-electron chi connectivity index (χ1n) is 7.93. The number of carbonyl (C=O) groups is 1. The van der Waals surface area contributed by atoms with Gasteiger partial charge in [0.15, 0.2) is 0 Å². The van der Waals surface area contributed by atoms with Gasteiger partial charge in [-0.2, -0.15) is 0 Å². The van der Waals surface area contributed by atoms with E-state index in [4.69, 9.17) is 9.47 Å². The van der Waals surface area contributed by atoms with Gasteiger partial charge in [-0.15, -0.1) is 0 Å². The van der Waals surface area contributed by atoms with Crippen molar-refractivity contribution in [1.29, 1.82) is 0 Å². The van der Waals surface area contributed by atoms with Crippen LogP contribution in [0.2, 0.25) is 0 Å². The molecule has 23 heavy (non-hydrogen) atoms. The maximum atomic E-state index is 11.7. The number of hydrogen-bond acceptors (Lipinski definition) is 4. The van der Waals surface area contributed by atoms with Crippen molar-refractivity contribution < 1.29 is 14.3 Å². The van der Waals surface area contributed by atoms with E-state index in [0.29, 0.717) is 13.2 Å². The molecular formula is C18H30N2O3. The fourth-order valence-corrected chi connectivity index (χ4v) is 1.57. The quantitative estimate of drug-likeness (QED) is 0.772. The van der Waals surface area contributed by atoms with E-state index in [0.717, 1.165) is 11.3 Å². The summed E-state index contributed by atoms with van der Waals surface area (Å²) in [5, 5.41) is 6.04. The maximum Gasteiger partial charge on any atom is 0.246 e. The van der Waals surface area contributed by atoms with E-state index < -0.39 is 0 Å². The van der Waals surface area contributed by atoms with Gasteiger partial charge in [0, 0.05) is 12.1 Å². The first kappa shape index (κ1) is 19.5. The summed E-state index contributed by atoms with van der Waals surface area (Å²) < 4.78 is 11.2. The highest BCUT2D eigenvalue weighted by Crippen LogP contribution is 2.14. The molecule has 0 bridgehead atoms. The van der Waals surface area contributed by atoms with E-state index in [2.05, 4.69) is 24.5 Å². The molecule has 5 heteroatoms. The van der Waals surface area contributed by atoms with Crippen LogP contribution in [0.1, 0.15) is 40.2 Å². The molecule has 1 rings (SSSR count). The van der Waals surface area contributed by atoms with Gasteiger partial charge in [-0.3, -0.25) is 4.79 Å². The van der Waals surface area contributed by atoms with Gasteiger partial charge in [0.1, 0.15) is 19.0 Å². The molecule has 0 aliphatic heterocycles. The molecule has 0 heterocycles. The van der Waals surface area contributed by atoms with Crippen LogP contribution in [0.15, 0.2) is 24.3 Å². The zero-order valence-corrected chi connectivity index (χ0v) is 15.2. The minimum atomic E-state index is -0.308. The minimum Gasteiger partial charge on any atom is -0.492 e. The van der Waals surface area contributed by atoms with E-state index >= 15 is 0 Å². The van der Waals surface area contributed by atoms with Crippen molar-refractivity contribution in [2.75, 3.05) is 20.3 Å². The van der Waals surface area contributed by atoms with Gasteiger partial charge >= 0.3 is 0 Å². The highest BCUT2D eigenvalue weighted by Gasteiger charge is 2.15. The highest BCUT2D eigenvalue weighted by molar-refractivity contribution is 5.77. The summed E-state index contributed by atoms with van der Waals surface area (Å²) in [6, 6.07) is 7.73. The van der Waals surface area contributed by atoms with Crippen molar-refractivity contribution in [2.45, 2.75) is 52.3 Å². The van der Waals surface area contributed by atoms with Crippen LogP contribution in [0.3, 0.4) is 0 Å². The van der Waals surface area contributed by atoms with Crippen LogP contribution in [0, 0.1) is 0 Å². The smallest absolute Gasteiger partial charge is 0.246 e. The van der Waals surface area contributed by atoms with Crippen LogP contribution >= 0.6 is 0 Å². The Hall–Kier alpha value is -1.59. The third-order valence-electron chi connectivity index (χ3n) is 3.33. The predicted octanol–water partition coefficient (Wildman–Crippen LogP) is 2.49. The summed E-state index contributed by atoms with van der Waals surface area (Å²) >= 11 is 0. The number of nitrogens with one attached hydrogen (secondary N) is 2. The summed E-state index contributed by atoms with van der Waals surface area (Å²) in [5.41, 5.74) is 0.645. The van der Waals surface area contributed by atoms with E-state index in [1.54, 1.807) is 0 Å². The molecule has 0 atom stereocenters. The van der Waals surface area contributed by atoms with Gasteiger partial charge in [0.25, 0.3) is 0 Å². The Morgan fingerprint density at radius 2 is 1.70 bits per heavy atom. The number of ether oxygens (including phenoxy) is 2. The van der Waals surface area contributed by atoms with E-state index in [1.807, 2.05) is 52.1 Å². The topological polar surface area (TPSA) is 59.6 Å². The lowest BCUT2D eigenvalue weighted by atomic mass is 10.1. The molecule has 0 unspecified atom stereocenters. The normalized spacial score (nSPS) is 12.1. The molecule has 0 saturated heterocycles. The van der Waals surface area contributed by atoms with E-state index in [-0.39, 0.29) is 23.7 Å². The van der Waals surface area contributed by atoms with Gasteiger partial charge < -0.3 is 20.1 Å². The Bertz CT molecular complexity index is 490. The van der Waals surface area contributed by atoms with Crippen LogP contribution in [0.5, 0.6) is 5.75 Å². The van der Waals surface area contributed by atoms with Gasteiger partial charge in [-0.25, -0.2) is 0 Å². The predicted molar refractivity (Wildman–Crippen MR) is 92.6 cm³/mol. The van der Waals surface area contributed by atoms with Crippen molar-refractivity contribution in [1.82, 2.24) is 10.6 Å². The molecule has 0 spiro atoms. The zero-order valence-electron chi connectivity index (χ0n) is 15.2. The number of hydrogen-bond donors (Lipinski definition) is 2. The lowest BCUT2D eigenvalue weighted by Crippen LogP contribution is -2.42. The fourth-order valence-electron chi connectivity index (χ4n) is 1.57. The van der Waals surface area contributed by atoms with E-state index in [1.165, 1.54) is 0 Å². The van der Waals surface area contributed by atoms with Crippen molar-refractivity contribution in [2.24, 2.45) is 0 Å². The Morgan fingerprint density at radius 3 is 2.22 bits per heavy atom. The average molecular weight is 322 g/mol. The van der Waals surface area contributed by atoms with Gasteiger partial charge in [0.2, 0.25) is 5.91 Å². The first-order chi connectivity index (χ1) is 10.6. The fraction of sp³-hybridized carbons (Fsp3) is 0.611. The summed E-state index contributed by atoms with van der Waals surface area (Å²) in [4.78, 5) is 11.7. The van der Waals surface area contributed by atoms with Crippen LogP contribution in [0.4, 0.5) is 0 Å².